The van der Waals surface area contributed by atoms with Gasteiger partial charge in [0.25, 0.3) is 0 Å². The fraction of sp³-hybridized carbons (Fsp3) is 0.448. The number of esters is 1. The Balaban J connectivity index is 1.28. The highest BCUT2D eigenvalue weighted by molar-refractivity contribution is 5.75. The summed E-state index contributed by atoms with van der Waals surface area (Å²) >= 11 is 0. The zero-order valence-corrected chi connectivity index (χ0v) is 21.4. The Morgan fingerprint density at radius 1 is 1.03 bits per heavy atom. The molecule has 1 aliphatic heterocycles. The van der Waals surface area contributed by atoms with Crippen LogP contribution in [-0.4, -0.2) is 46.7 Å². The first-order valence-electron chi connectivity index (χ1n) is 12.9. The molecule has 188 valence electrons. The number of hydrogen-bond acceptors (Lipinski definition) is 7. The van der Waals surface area contributed by atoms with Crippen LogP contribution in [0.3, 0.4) is 0 Å². The van der Waals surface area contributed by atoms with Crippen molar-refractivity contribution >= 4 is 17.6 Å². The van der Waals surface area contributed by atoms with Crippen LogP contribution < -0.4 is 10.2 Å². The SMILES string of the molecule is CC(C)(C)C(=O)OC1CC(CNc2cc(N3CCc4ccccc4CC3)nc(-c3ccccn3)n2)C1. The summed E-state index contributed by atoms with van der Waals surface area (Å²) in [7, 11) is 0. The van der Waals surface area contributed by atoms with Crippen molar-refractivity contribution in [2.24, 2.45) is 11.3 Å². The third-order valence-electron chi connectivity index (χ3n) is 7.00. The maximum Gasteiger partial charge on any atom is 0.311 e. The van der Waals surface area contributed by atoms with Gasteiger partial charge in [-0.3, -0.25) is 9.78 Å². The number of carbonyl (C=O) groups is 1. The van der Waals surface area contributed by atoms with Crippen LogP contribution in [0.1, 0.15) is 44.7 Å². The molecule has 0 bridgehead atoms. The minimum atomic E-state index is -0.461. The maximum absolute atomic E-state index is 12.1. The molecule has 1 aromatic carbocycles. The molecule has 3 heterocycles. The molecule has 1 aliphatic carbocycles. The minimum Gasteiger partial charge on any atom is -0.462 e. The Morgan fingerprint density at radius 2 is 1.72 bits per heavy atom. The Hall–Kier alpha value is -3.48. The lowest BCUT2D eigenvalue weighted by molar-refractivity contribution is -0.164. The van der Waals surface area contributed by atoms with E-state index in [0.29, 0.717) is 11.7 Å². The summed E-state index contributed by atoms with van der Waals surface area (Å²) < 4.78 is 5.64. The van der Waals surface area contributed by atoms with Gasteiger partial charge in [-0.05, 0) is 75.6 Å². The van der Waals surface area contributed by atoms with E-state index in [2.05, 4.69) is 45.5 Å². The second kappa shape index (κ2) is 10.2. The summed E-state index contributed by atoms with van der Waals surface area (Å²) in [5.74, 6) is 2.68. The van der Waals surface area contributed by atoms with Gasteiger partial charge in [0.15, 0.2) is 5.82 Å². The zero-order valence-electron chi connectivity index (χ0n) is 21.4. The van der Waals surface area contributed by atoms with Crippen LogP contribution >= 0.6 is 0 Å². The summed E-state index contributed by atoms with van der Waals surface area (Å²) in [5, 5.41) is 3.53. The van der Waals surface area contributed by atoms with Crippen molar-refractivity contribution in [1.29, 1.82) is 0 Å². The average molecular weight is 486 g/mol. The van der Waals surface area contributed by atoms with Crippen LogP contribution in [0.4, 0.5) is 11.6 Å². The average Bonchev–Trinajstić information content (AvgIpc) is 3.08. The molecule has 7 nitrogen and oxygen atoms in total. The molecule has 7 heteroatoms. The summed E-state index contributed by atoms with van der Waals surface area (Å²) in [5.41, 5.74) is 3.14. The van der Waals surface area contributed by atoms with Gasteiger partial charge in [0.1, 0.15) is 23.4 Å². The van der Waals surface area contributed by atoms with Crippen molar-refractivity contribution in [3.05, 3.63) is 65.9 Å². The number of hydrogen-bond donors (Lipinski definition) is 1. The third-order valence-corrected chi connectivity index (χ3v) is 7.00. The van der Waals surface area contributed by atoms with Gasteiger partial charge in [-0.1, -0.05) is 30.3 Å². The molecular formula is C29H35N5O2. The number of ether oxygens (including phenoxy) is 1. The summed E-state index contributed by atoms with van der Waals surface area (Å²) in [6.07, 6.45) is 5.55. The molecule has 3 aromatic rings. The Kier molecular flexibility index (Phi) is 6.90. The number of carbonyl (C=O) groups excluding carboxylic acids is 1. The molecule has 1 fully saturated rings. The molecule has 0 spiro atoms. The Bertz CT molecular complexity index is 1170. The Labute approximate surface area is 213 Å². The lowest BCUT2D eigenvalue weighted by Gasteiger charge is -2.36. The highest BCUT2D eigenvalue weighted by Gasteiger charge is 2.35. The van der Waals surface area contributed by atoms with E-state index in [-0.39, 0.29) is 12.1 Å². The van der Waals surface area contributed by atoms with Crippen molar-refractivity contribution in [1.82, 2.24) is 15.0 Å². The first-order chi connectivity index (χ1) is 17.3. The van der Waals surface area contributed by atoms with Crippen LogP contribution in [0, 0.1) is 11.3 Å². The van der Waals surface area contributed by atoms with E-state index >= 15 is 0 Å². The van der Waals surface area contributed by atoms with E-state index in [1.54, 1.807) is 6.20 Å². The van der Waals surface area contributed by atoms with Crippen molar-refractivity contribution in [3.8, 4) is 11.5 Å². The molecule has 0 saturated heterocycles. The van der Waals surface area contributed by atoms with Crippen LogP contribution in [0.15, 0.2) is 54.7 Å². The number of nitrogens with one attached hydrogen (secondary N) is 1. The van der Waals surface area contributed by atoms with Gasteiger partial charge in [0, 0.05) is 31.9 Å². The van der Waals surface area contributed by atoms with Gasteiger partial charge >= 0.3 is 5.97 Å². The molecule has 2 aromatic heterocycles. The first-order valence-corrected chi connectivity index (χ1v) is 12.9. The zero-order chi connectivity index (χ0) is 25.1. The number of benzene rings is 1. The van der Waals surface area contributed by atoms with Crippen LogP contribution in [0.25, 0.3) is 11.5 Å². The topological polar surface area (TPSA) is 80.2 Å². The van der Waals surface area contributed by atoms with Gasteiger partial charge in [0.2, 0.25) is 0 Å². The normalized spacial score (nSPS) is 19.6. The lowest BCUT2D eigenvalue weighted by atomic mass is 9.82. The van der Waals surface area contributed by atoms with Crippen molar-refractivity contribution < 1.29 is 9.53 Å². The number of nitrogens with zero attached hydrogens (tertiary/aromatic N) is 4. The molecule has 1 N–H and O–H groups in total. The molecule has 5 rings (SSSR count). The van der Waals surface area contributed by atoms with Crippen LogP contribution in [-0.2, 0) is 22.4 Å². The fourth-order valence-electron chi connectivity index (χ4n) is 4.71. The van der Waals surface area contributed by atoms with E-state index in [1.165, 1.54) is 11.1 Å². The second-order valence-corrected chi connectivity index (χ2v) is 10.9. The van der Waals surface area contributed by atoms with Gasteiger partial charge in [-0.2, -0.15) is 0 Å². The predicted molar refractivity (Wildman–Crippen MR) is 142 cm³/mol. The third kappa shape index (κ3) is 5.66. The van der Waals surface area contributed by atoms with E-state index < -0.39 is 5.41 Å². The number of anilines is 2. The maximum atomic E-state index is 12.1. The molecule has 0 atom stereocenters. The van der Waals surface area contributed by atoms with E-state index in [0.717, 1.165) is 62.6 Å². The largest absolute Gasteiger partial charge is 0.462 e. The number of aromatic nitrogens is 3. The van der Waals surface area contributed by atoms with Crippen molar-refractivity contribution in [3.63, 3.8) is 0 Å². The number of rotatable bonds is 6. The van der Waals surface area contributed by atoms with E-state index in [1.807, 2.05) is 39.0 Å². The van der Waals surface area contributed by atoms with E-state index in [4.69, 9.17) is 14.7 Å². The predicted octanol–water partition coefficient (Wildman–Crippen LogP) is 4.92. The van der Waals surface area contributed by atoms with Gasteiger partial charge in [-0.25, -0.2) is 9.97 Å². The molecule has 1 saturated carbocycles. The highest BCUT2D eigenvalue weighted by Crippen LogP contribution is 2.33. The van der Waals surface area contributed by atoms with Gasteiger partial charge in [0.05, 0.1) is 5.41 Å². The molecule has 0 unspecified atom stereocenters. The van der Waals surface area contributed by atoms with Crippen LogP contribution in [0.5, 0.6) is 0 Å². The fourth-order valence-corrected chi connectivity index (χ4v) is 4.71. The summed E-state index contributed by atoms with van der Waals surface area (Å²) in [6.45, 7) is 8.29. The highest BCUT2D eigenvalue weighted by atomic mass is 16.5. The summed E-state index contributed by atoms with van der Waals surface area (Å²) in [6, 6.07) is 16.6. The molecule has 2 aliphatic rings. The van der Waals surface area contributed by atoms with Gasteiger partial charge in [-0.15, -0.1) is 0 Å². The first kappa shape index (κ1) is 24.2. The lowest BCUT2D eigenvalue weighted by Crippen LogP contribution is -2.39. The number of fused-ring (bicyclic) bond motifs is 1. The minimum absolute atomic E-state index is 0.0206. The summed E-state index contributed by atoms with van der Waals surface area (Å²) in [4.78, 5) is 28.7. The molecule has 0 amide bonds. The van der Waals surface area contributed by atoms with Crippen molar-refractivity contribution in [2.75, 3.05) is 29.9 Å². The van der Waals surface area contributed by atoms with Crippen LogP contribution in [0.2, 0.25) is 0 Å². The second-order valence-electron chi connectivity index (χ2n) is 10.9. The molecular weight excluding hydrogens is 450 g/mol. The van der Waals surface area contributed by atoms with E-state index in [9.17, 15) is 4.79 Å². The monoisotopic (exact) mass is 485 g/mol. The molecule has 0 radical (unpaired) electrons. The van der Waals surface area contributed by atoms with Gasteiger partial charge < -0.3 is 15.0 Å². The smallest absolute Gasteiger partial charge is 0.311 e. The van der Waals surface area contributed by atoms with Crippen molar-refractivity contribution in [2.45, 2.75) is 52.6 Å². The quantitative estimate of drug-likeness (QED) is 0.496. The number of pyridine rings is 1. The standard InChI is InChI=1S/C29H35N5O2/c1-29(2,3)28(35)36-23-16-20(17-23)19-31-25-18-26(33-27(32-25)24-10-6-7-13-30-24)34-14-11-21-8-4-5-9-22(21)12-15-34/h4-10,13,18,20,23H,11-12,14-17,19H2,1-3H3,(H,31,32,33). The Morgan fingerprint density at radius 3 is 2.36 bits per heavy atom. The molecule has 36 heavy (non-hydrogen) atoms.